The summed E-state index contributed by atoms with van der Waals surface area (Å²) in [5, 5.41) is 16.2. The monoisotopic (exact) mass is 665 g/mol. The molecular weight excluding hydrogens is 631 g/mol. The second-order valence-electron chi connectivity index (χ2n) is 9.97. The molecule has 6 N–H and O–H groups in total. The number of carboxylic acid groups (broad SMARTS) is 2. The number of benzene rings is 2. The van der Waals surface area contributed by atoms with Gasteiger partial charge in [0.25, 0.3) is 11.8 Å². The summed E-state index contributed by atoms with van der Waals surface area (Å²) in [5.41, 5.74) is 14.1. The molecule has 15 heteroatoms. The fourth-order valence-electron chi connectivity index (χ4n) is 4.36. The third-order valence-corrected chi connectivity index (χ3v) is 7.78. The van der Waals surface area contributed by atoms with Gasteiger partial charge in [-0.25, -0.2) is 9.59 Å². The molecule has 1 aliphatic carbocycles. The third kappa shape index (κ3) is 10.7. The molecule has 0 aliphatic heterocycles. The Hall–Kier alpha value is -4.76. The molecule has 0 radical (unpaired) electrons. The predicted octanol–water partition coefficient (Wildman–Crippen LogP) is 4.66. The first-order chi connectivity index (χ1) is 21.6. The first kappa shape index (κ1) is 37.4. The summed E-state index contributed by atoms with van der Waals surface area (Å²) in [6, 6.07) is 15.6. The molecule has 1 atom stereocenters. The van der Waals surface area contributed by atoms with Crippen LogP contribution in [-0.4, -0.2) is 59.3 Å². The number of nitrogens with zero attached hydrogens (tertiary/aromatic N) is 1. The number of thiophene rings is 1. The highest BCUT2D eigenvalue weighted by Crippen LogP contribution is 2.36. The minimum atomic E-state index is -5.08. The molecular formula is C31H34F3N3O8S. The Bertz CT molecular complexity index is 1540. The van der Waals surface area contributed by atoms with Crippen molar-refractivity contribution < 1.29 is 52.1 Å². The largest absolute Gasteiger partial charge is 0.490 e. The second kappa shape index (κ2) is 17.1. The summed E-state index contributed by atoms with van der Waals surface area (Å²) >= 11 is 1.35. The van der Waals surface area contributed by atoms with E-state index in [4.69, 9.17) is 31.2 Å². The molecule has 46 heavy (non-hydrogen) atoms. The van der Waals surface area contributed by atoms with Gasteiger partial charge in [0.15, 0.2) is 0 Å². The van der Waals surface area contributed by atoms with E-state index in [1.165, 1.54) is 16.2 Å². The van der Waals surface area contributed by atoms with E-state index in [-0.39, 0.29) is 5.91 Å². The quantitative estimate of drug-likeness (QED) is 0.248. The molecule has 0 bridgehead atoms. The van der Waals surface area contributed by atoms with Gasteiger partial charge in [-0.1, -0.05) is 37.3 Å². The number of alkyl halides is 3. The van der Waals surface area contributed by atoms with Crippen LogP contribution in [0.15, 0.2) is 54.6 Å². The third-order valence-electron chi connectivity index (χ3n) is 6.47. The van der Waals surface area contributed by atoms with Gasteiger partial charge in [0.05, 0.1) is 12.2 Å². The van der Waals surface area contributed by atoms with E-state index in [1.807, 2.05) is 12.1 Å². The van der Waals surface area contributed by atoms with Crippen LogP contribution in [0.5, 0.6) is 0 Å². The van der Waals surface area contributed by atoms with Crippen LogP contribution < -0.4 is 16.4 Å². The molecule has 0 spiro atoms. The number of ether oxygens (including phenoxy) is 1. The number of aryl methyl sites for hydroxylation is 1. The van der Waals surface area contributed by atoms with E-state index in [1.54, 1.807) is 49.4 Å². The summed E-state index contributed by atoms with van der Waals surface area (Å²) in [5.74, 6) is -4.61. The molecule has 248 valence electrons. The maximum atomic E-state index is 12.6. The first-order valence-corrected chi connectivity index (χ1v) is 14.7. The number of para-hydroxylation sites is 1. The number of carboxylic acids is 2. The van der Waals surface area contributed by atoms with E-state index in [9.17, 15) is 32.3 Å². The van der Waals surface area contributed by atoms with Gasteiger partial charge in [0.1, 0.15) is 11.4 Å². The highest BCUT2D eigenvalue weighted by molar-refractivity contribution is 7.14. The number of nitrogens with two attached hydrogens (primary N) is 2. The molecule has 2 aromatic carbocycles. The molecule has 1 aliphatic rings. The molecule has 1 aromatic heterocycles. The number of amides is 2. The average Bonchev–Trinajstić information content (AvgIpc) is 3.39. The summed E-state index contributed by atoms with van der Waals surface area (Å²) < 4.78 is 36.8. The second-order valence-corrected chi connectivity index (χ2v) is 11.1. The number of esters is 1. The zero-order chi connectivity index (χ0) is 34.6. The number of carbonyl (C=O) groups is 5. The standard InChI is InChI=1S/C16H16N2O3.C13H17NO3S.C2HF3O2/c17-10-12-5-4-6-13(9-12)16(21)18(11-15(19)20)14-7-2-1-3-8-14;1-3-17-13(16)10-8-6-7(2)4-5-9(8)18-11(10)12(14)15;3-2(4,5)1(6)7/h1-9H,10-11,17H2,(H,19,20);7H,3-6H2,1-2H3,(H2,14,15);(H,6,7). The summed E-state index contributed by atoms with van der Waals surface area (Å²) in [4.78, 5) is 58.6. The lowest BCUT2D eigenvalue weighted by Gasteiger charge is -2.21. The Morgan fingerprint density at radius 2 is 1.67 bits per heavy atom. The lowest BCUT2D eigenvalue weighted by molar-refractivity contribution is -0.192. The Morgan fingerprint density at radius 1 is 1.04 bits per heavy atom. The molecule has 4 rings (SSSR count). The molecule has 0 fully saturated rings. The van der Waals surface area contributed by atoms with Gasteiger partial charge in [-0.15, -0.1) is 11.3 Å². The normalized spacial score (nSPS) is 13.5. The van der Waals surface area contributed by atoms with Gasteiger partial charge in [-0.05, 0) is 67.5 Å². The van der Waals surface area contributed by atoms with Crippen molar-refractivity contribution in [1.29, 1.82) is 0 Å². The zero-order valence-corrected chi connectivity index (χ0v) is 25.8. The van der Waals surface area contributed by atoms with Gasteiger partial charge < -0.3 is 26.4 Å². The molecule has 1 heterocycles. The van der Waals surface area contributed by atoms with Crippen molar-refractivity contribution in [2.75, 3.05) is 18.1 Å². The molecule has 0 saturated heterocycles. The molecule has 1 unspecified atom stereocenters. The predicted molar refractivity (Wildman–Crippen MR) is 164 cm³/mol. The lowest BCUT2D eigenvalue weighted by atomic mass is 9.87. The van der Waals surface area contributed by atoms with E-state index in [2.05, 4.69) is 6.92 Å². The van der Waals surface area contributed by atoms with Crippen LogP contribution in [0, 0.1) is 5.92 Å². The highest BCUT2D eigenvalue weighted by atomic mass is 32.1. The number of rotatable bonds is 8. The number of hydrogen-bond donors (Lipinski definition) is 4. The lowest BCUT2D eigenvalue weighted by Crippen LogP contribution is -2.35. The number of halogens is 3. The topological polar surface area (TPSA) is 190 Å². The van der Waals surface area contributed by atoms with Gasteiger partial charge in [0.2, 0.25) is 0 Å². The van der Waals surface area contributed by atoms with Crippen molar-refractivity contribution in [2.45, 2.75) is 45.8 Å². The summed E-state index contributed by atoms with van der Waals surface area (Å²) in [6.45, 7) is 4.14. The maximum Gasteiger partial charge on any atom is 0.490 e. The van der Waals surface area contributed by atoms with Crippen LogP contribution >= 0.6 is 11.3 Å². The van der Waals surface area contributed by atoms with Crippen LogP contribution in [-0.2, 0) is 33.7 Å². The Labute approximate surface area is 266 Å². The van der Waals surface area contributed by atoms with Crippen LogP contribution in [0.1, 0.15) is 66.7 Å². The van der Waals surface area contributed by atoms with Crippen molar-refractivity contribution in [3.05, 3.63) is 86.6 Å². The maximum absolute atomic E-state index is 12.6. The number of carbonyl (C=O) groups excluding carboxylic acids is 3. The Kier molecular flexibility index (Phi) is 13.9. The van der Waals surface area contributed by atoms with Crippen molar-refractivity contribution in [3.8, 4) is 0 Å². The summed E-state index contributed by atoms with van der Waals surface area (Å²) in [6.07, 6.45) is -2.25. The Morgan fingerprint density at radius 3 is 2.20 bits per heavy atom. The van der Waals surface area contributed by atoms with E-state index < -0.39 is 36.5 Å². The number of primary amides is 1. The van der Waals surface area contributed by atoms with E-state index >= 15 is 0 Å². The number of anilines is 1. The molecule has 0 saturated carbocycles. The van der Waals surface area contributed by atoms with Crippen molar-refractivity contribution in [2.24, 2.45) is 17.4 Å². The van der Waals surface area contributed by atoms with Crippen molar-refractivity contribution >= 4 is 46.7 Å². The zero-order valence-electron chi connectivity index (χ0n) is 25.0. The number of aliphatic carboxylic acids is 2. The highest BCUT2D eigenvalue weighted by Gasteiger charge is 2.38. The van der Waals surface area contributed by atoms with Crippen LogP contribution in [0.2, 0.25) is 0 Å². The molecule has 3 aromatic rings. The van der Waals surface area contributed by atoms with Gasteiger partial charge >= 0.3 is 24.1 Å². The Balaban J connectivity index is 0.000000268. The molecule has 2 amide bonds. The van der Waals surface area contributed by atoms with Crippen molar-refractivity contribution in [3.63, 3.8) is 0 Å². The van der Waals surface area contributed by atoms with E-state index in [0.29, 0.717) is 40.8 Å². The first-order valence-electron chi connectivity index (χ1n) is 13.9. The number of fused-ring (bicyclic) bond motifs is 1. The smallest absolute Gasteiger partial charge is 0.480 e. The minimum Gasteiger partial charge on any atom is -0.480 e. The van der Waals surface area contributed by atoms with E-state index in [0.717, 1.165) is 35.3 Å². The summed E-state index contributed by atoms with van der Waals surface area (Å²) in [7, 11) is 0. The number of hydrogen-bond acceptors (Lipinski definition) is 8. The van der Waals surface area contributed by atoms with Gasteiger partial charge in [0, 0.05) is 22.7 Å². The minimum absolute atomic E-state index is 0.303. The fraction of sp³-hybridized carbons (Fsp3) is 0.323. The van der Waals surface area contributed by atoms with Crippen LogP contribution in [0.4, 0.5) is 18.9 Å². The average molecular weight is 666 g/mol. The van der Waals surface area contributed by atoms with Crippen molar-refractivity contribution in [1.82, 2.24) is 0 Å². The van der Waals surface area contributed by atoms with Gasteiger partial charge in [-0.2, -0.15) is 13.2 Å². The van der Waals surface area contributed by atoms with Gasteiger partial charge in [-0.3, -0.25) is 19.3 Å². The SMILES string of the molecule is CCOC(=O)c1c(C(N)=O)sc2c1CC(C)CC2.NCc1cccc(C(=O)N(CC(=O)O)c2ccccc2)c1.O=C(O)C(F)(F)F. The van der Waals surface area contributed by atoms with Crippen LogP contribution in [0.3, 0.4) is 0 Å². The molecule has 11 nitrogen and oxygen atoms in total. The van der Waals surface area contributed by atoms with Crippen LogP contribution in [0.25, 0.3) is 0 Å². The fourth-order valence-corrected chi connectivity index (χ4v) is 5.55.